The highest BCUT2D eigenvalue weighted by Gasteiger charge is 2.02. The zero-order valence-corrected chi connectivity index (χ0v) is 7.94. The molecule has 0 saturated heterocycles. The summed E-state index contributed by atoms with van der Waals surface area (Å²) in [5.41, 5.74) is 0.453. The molecule has 0 aliphatic rings. The lowest BCUT2D eigenvalue weighted by atomic mass is 10.1. The fourth-order valence-corrected chi connectivity index (χ4v) is 1.23. The zero-order valence-electron chi connectivity index (χ0n) is 7.12. The van der Waals surface area contributed by atoms with Gasteiger partial charge < -0.3 is 0 Å². The Morgan fingerprint density at radius 3 is 2.69 bits per heavy atom. The summed E-state index contributed by atoms with van der Waals surface area (Å²) in [4.78, 5) is 3.93. The molecule has 0 aliphatic carbocycles. The maximum atomic E-state index is 13.3. The van der Waals surface area contributed by atoms with Gasteiger partial charge in [-0.25, -0.2) is 4.39 Å². The number of aromatic nitrogens is 1. The van der Waals surface area contributed by atoms with Crippen molar-refractivity contribution >= 4 is 23.2 Å². The van der Waals surface area contributed by atoms with Crippen LogP contribution >= 0.6 is 12.4 Å². The summed E-state index contributed by atoms with van der Waals surface area (Å²) in [6, 6.07) is 7.31. The third-order valence-electron chi connectivity index (χ3n) is 1.91. The monoisotopic (exact) mass is 197 g/mol. The largest absolute Gasteiger partial charge is 0.258 e. The summed E-state index contributed by atoms with van der Waals surface area (Å²) < 4.78 is 13.3. The predicted octanol–water partition coefficient (Wildman–Crippen LogP) is 3.10. The van der Waals surface area contributed by atoms with Gasteiger partial charge in [0.25, 0.3) is 0 Å². The molecule has 1 nitrogen and oxygen atoms in total. The van der Waals surface area contributed by atoms with Crippen LogP contribution in [0.3, 0.4) is 0 Å². The van der Waals surface area contributed by atoms with Crippen molar-refractivity contribution in [1.29, 1.82) is 0 Å². The van der Waals surface area contributed by atoms with Crippen LogP contribution in [-0.2, 0) is 0 Å². The molecular weight excluding hydrogens is 189 g/mol. The number of aryl methyl sites for hydroxylation is 1. The van der Waals surface area contributed by atoms with Crippen molar-refractivity contribution in [2.45, 2.75) is 6.92 Å². The SMILES string of the molecule is Cc1ncc2ccccc2c1F.Cl. The summed E-state index contributed by atoms with van der Waals surface area (Å²) in [6.45, 7) is 1.67. The van der Waals surface area contributed by atoms with E-state index in [1.807, 2.05) is 18.2 Å². The van der Waals surface area contributed by atoms with Crippen LogP contribution < -0.4 is 0 Å². The molecule has 0 radical (unpaired) electrons. The van der Waals surface area contributed by atoms with Gasteiger partial charge in [0.2, 0.25) is 0 Å². The number of benzene rings is 1. The molecule has 0 aliphatic heterocycles. The summed E-state index contributed by atoms with van der Waals surface area (Å²) in [6.07, 6.45) is 1.69. The second-order valence-corrected chi connectivity index (χ2v) is 2.74. The standard InChI is InChI=1S/C10H8FN.ClH/c1-7-10(11)9-5-3-2-4-8(9)6-12-7;/h2-6H,1H3;1H. The van der Waals surface area contributed by atoms with Crippen molar-refractivity contribution in [3.63, 3.8) is 0 Å². The van der Waals surface area contributed by atoms with E-state index in [2.05, 4.69) is 4.98 Å². The quantitative estimate of drug-likeness (QED) is 0.633. The average Bonchev–Trinajstić information content (AvgIpc) is 2.12. The van der Waals surface area contributed by atoms with Gasteiger partial charge in [0.05, 0.1) is 5.69 Å². The molecule has 13 heavy (non-hydrogen) atoms. The number of hydrogen-bond acceptors (Lipinski definition) is 1. The predicted molar refractivity (Wildman–Crippen MR) is 53.7 cm³/mol. The Morgan fingerprint density at radius 1 is 1.23 bits per heavy atom. The van der Waals surface area contributed by atoms with Crippen LogP contribution in [0.2, 0.25) is 0 Å². The molecule has 0 saturated carbocycles. The van der Waals surface area contributed by atoms with E-state index in [-0.39, 0.29) is 18.2 Å². The molecule has 0 spiro atoms. The number of rotatable bonds is 0. The Balaban J connectivity index is 0.000000845. The van der Waals surface area contributed by atoms with Crippen LogP contribution in [0.25, 0.3) is 10.8 Å². The summed E-state index contributed by atoms with van der Waals surface area (Å²) >= 11 is 0. The van der Waals surface area contributed by atoms with E-state index in [1.165, 1.54) is 0 Å². The molecule has 0 atom stereocenters. The number of nitrogens with zero attached hydrogens (tertiary/aromatic N) is 1. The molecule has 0 fully saturated rings. The molecule has 0 unspecified atom stereocenters. The number of fused-ring (bicyclic) bond motifs is 1. The van der Waals surface area contributed by atoms with E-state index in [4.69, 9.17) is 0 Å². The maximum absolute atomic E-state index is 13.3. The van der Waals surface area contributed by atoms with Gasteiger partial charge in [0, 0.05) is 17.0 Å². The number of pyridine rings is 1. The minimum Gasteiger partial charge on any atom is -0.258 e. The highest BCUT2D eigenvalue weighted by molar-refractivity contribution is 5.85. The van der Waals surface area contributed by atoms with Crippen molar-refractivity contribution in [3.8, 4) is 0 Å². The maximum Gasteiger partial charge on any atom is 0.152 e. The van der Waals surface area contributed by atoms with Gasteiger partial charge in [-0.15, -0.1) is 12.4 Å². The molecule has 0 N–H and O–H groups in total. The van der Waals surface area contributed by atoms with E-state index in [9.17, 15) is 4.39 Å². The lowest BCUT2D eigenvalue weighted by Gasteiger charge is -1.99. The molecule has 2 rings (SSSR count). The smallest absolute Gasteiger partial charge is 0.152 e. The number of halogens is 2. The highest BCUT2D eigenvalue weighted by atomic mass is 35.5. The Labute approximate surface area is 82.0 Å². The topological polar surface area (TPSA) is 12.9 Å². The lowest BCUT2D eigenvalue weighted by molar-refractivity contribution is 0.622. The van der Waals surface area contributed by atoms with Gasteiger partial charge >= 0.3 is 0 Å². The molecule has 1 heterocycles. The first kappa shape index (κ1) is 9.93. The van der Waals surface area contributed by atoms with Crippen molar-refractivity contribution in [2.75, 3.05) is 0 Å². The van der Waals surface area contributed by atoms with Crippen LogP contribution in [0, 0.1) is 12.7 Å². The zero-order chi connectivity index (χ0) is 8.55. The van der Waals surface area contributed by atoms with Gasteiger partial charge in [0.1, 0.15) is 0 Å². The van der Waals surface area contributed by atoms with Gasteiger partial charge in [-0.05, 0) is 6.92 Å². The minimum absolute atomic E-state index is 0. The molecular formula is C10H9ClFN. The Morgan fingerprint density at radius 2 is 1.92 bits per heavy atom. The van der Waals surface area contributed by atoms with Crippen molar-refractivity contribution in [1.82, 2.24) is 4.98 Å². The van der Waals surface area contributed by atoms with Crippen LogP contribution in [0.1, 0.15) is 5.69 Å². The fourth-order valence-electron chi connectivity index (χ4n) is 1.23. The van der Waals surface area contributed by atoms with E-state index >= 15 is 0 Å². The molecule has 2 aromatic rings. The normalized spacial score (nSPS) is 9.69. The van der Waals surface area contributed by atoms with Crippen LogP contribution in [0.5, 0.6) is 0 Å². The van der Waals surface area contributed by atoms with Gasteiger partial charge in [-0.1, -0.05) is 24.3 Å². The summed E-state index contributed by atoms with van der Waals surface area (Å²) in [5.74, 6) is -0.215. The number of hydrogen-bond donors (Lipinski definition) is 0. The second-order valence-electron chi connectivity index (χ2n) is 2.74. The first-order valence-corrected chi connectivity index (χ1v) is 3.79. The van der Waals surface area contributed by atoms with Crippen LogP contribution in [0.15, 0.2) is 30.5 Å². The third kappa shape index (κ3) is 1.63. The lowest BCUT2D eigenvalue weighted by Crippen LogP contribution is -1.88. The Hall–Kier alpha value is -1.15. The fraction of sp³-hybridized carbons (Fsp3) is 0.100. The summed E-state index contributed by atoms with van der Waals surface area (Å²) in [7, 11) is 0. The van der Waals surface area contributed by atoms with E-state index < -0.39 is 0 Å². The Bertz CT molecular complexity index is 428. The van der Waals surface area contributed by atoms with E-state index in [1.54, 1.807) is 19.2 Å². The first-order chi connectivity index (χ1) is 5.79. The molecule has 0 bridgehead atoms. The van der Waals surface area contributed by atoms with Crippen molar-refractivity contribution in [2.24, 2.45) is 0 Å². The molecule has 0 amide bonds. The molecule has 68 valence electrons. The van der Waals surface area contributed by atoms with Crippen molar-refractivity contribution < 1.29 is 4.39 Å². The molecule has 1 aromatic heterocycles. The molecule has 3 heteroatoms. The van der Waals surface area contributed by atoms with Crippen molar-refractivity contribution in [3.05, 3.63) is 42.0 Å². The van der Waals surface area contributed by atoms with E-state index in [0.717, 1.165) is 5.39 Å². The minimum atomic E-state index is -0.215. The average molecular weight is 198 g/mol. The Kier molecular flexibility index (Phi) is 2.83. The highest BCUT2D eigenvalue weighted by Crippen LogP contribution is 2.17. The summed E-state index contributed by atoms with van der Waals surface area (Å²) in [5, 5.41) is 1.49. The van der Waals surface area contributed by atoms with Crippen LogP contribution in [0.4, 0.5) is 4.39 Å². The second kappa shape index (κ2) is 3.71. The molecule has 1 aromatic carbocycles. The third-order valence-corrected chi connectivity index (χ3v) is 1.91. The van der Waals surface area contributed by atoms with Gasteiger partial charge in [-0.2, -0.15) is 0 Å². The van der Waals surface area contributed by atoms with Gasteiger partial charge in [0.15, 0.2) is 5.82 Å². The first-order valence-electron chi connectivity index (χ1n) is 3.79. The van der Waals surface area contributed by atoms with E-state index in [0.29, 0.717) is 11.1 Å². The van der Waals surface area contributed by atoms with Gasteiger partial charge in [-0.3, -0.25) is 4.98 Å². The van der Waals surface area contributed by atoms with Crippen LogP contribution in [-0.4, -0.2) is 4.98 Å².